The van der Waals surface area contributed by atoms with Gasteiger partial charge in [-0.15, -0.1) is 0 Å². The van der Waals surface area contributed by atoms with E-state index >= 15 is 0 Å². The van der Waals surface area contributed by atoms with Gasteiger partial charge in [-0.3, -0.25) is 14.4 Å². The molecule has 0 aliphatic heterocycles. The Hall–Kier alpha value is -2.90. The minimum absolute atomic E-state index is 0.0551. The summed E-state index contributed by atoms with van der Waals surface area (Å²) in [5, 5.41) is 5.12. The zero-order valence-corrected chi connectivity index (χ0v) is 17.2. The number of carbonyl (C=O) groups excluding carboxylic acids is 4. The van der Waals surface area contributed by atoms with Crippen molar-refractivity contribution in [3.05, 3.63) is 29.3 Å². The van der Waals surface area contributed by atoms with Gasteiger partial charge in [0.05, 0.1) is 11.0 Å². The zero-order chi connectivity index (χ0) is 21.5. The Bertz CT molecular complexity index is 744. The van der Waals surface area contributed by atoms with Crippen molar-refractivity contribution in [1.82, 2.24) is 10.6 Å². The van der Waals surface area contributed by atoms with Crippen molar-refractivity contribution in [3.63, 3.8) is 0 Å². The standard InChI is InChI=1S/C20H28N2O6/c1-19(2,3)17(25)27-15-8-7-13(12-23)11-14(15)16(24)21-9-10-22-18(26)28-20(4,5)6/h7-8,11-12H,9-10H2,1-6H3,(H,21,24)(H,22,26). The lowest BCUT2D eigenvalue weighted by molar-refractivity contribution is -0.143. The van der Waals surface area contributed by atoms with Crippen molar-refractivity contribution < 1.29 is 28.7 Å². The van der Waals surface area contributed by atoms with Gasteiger partial charge in [-0.25, -0.2) is 4.79 Å². The smallest absolute Gasteiger partial charge is 0.407 e. The lowest BCUT2D eigenvalue weighted by Gasteiger charge is -2.20. The lowest BCUT2D eigenvalue weighted by Crippen LogP contribution is -2.38. The third-order valence-electron chi connectivity index (χ3n) is 3.28. The van der Waals surface area contributed by atoms with Crippen LogP contribution in [0.4, 0.5) is 4.79 Å². The average Bonchev–Trinajstić information content (AvgIpc) is 2.56. The Kier molecular flexibility index (Phi) is 7.72. The highest BCUT2D eigenvalue weighted by atomic mass is 16.6. The summed E-state index contributed by atoms with van der Waals surface area (Å²) in [6.45, 7) is 10.6. The van der Waals surface area contributed by atoms with Crippen molar-refractivity contribution in [2.45, 2.75) is 47.1 Å². The normalized spacial score (nSPS) is 11.4. The molecule has 2 N–H and O–H groups in total. The monoisotopic (exact) mass is 392 g/mol. The summed E-state index contributed by atoms with van der Waals surface area (Å²) < 4.78 is 10.4. The van der Waals surface area contributed by atoms with Crippen molar-refractivity contribution in [2.75, 3.05) is 13.1 Å². The van der Waals surface area contributed by atoms with Gasteiger partial charge in [-0.1, -0.05) is 0 Å². The number of hydrogen-bond donors (Lipinski definition) is 2. The number of nitrogens with one attached hydrogen (secondary N) is 2. The Balaban J connectivity index is 2.76. The molecule has 0 unspecified atom stereocenters. The maximum Gasteiger partial charge on any atom is 0.407 e. The predicted octanol–water partition coefficient (Wildman–Crippen LogP) is 2.71. The second-order valence-electron chi connectivity index (χ2n) is 8.20. The second-order valence-corrected chi connectivity index (χ2v) is 8.20. The van der Waals surface area contributed by atoms with Crippen molar-refractivity contribution in [3.8, 4) is 5.75 Å². The van der Waals surface area contributed by atoms with Crippen molar-refractivity contribution >= 4 is 24.3 Å². The fourth-order valence-electron chi connectivity index (χ4n) is 1.89. The highest BCUT2D eigenvalue weighted by Crippen LogP contribution is 2.24. The molecule has 0 saturated heterocycles. The summed E-state index contributed by atoms with van der Waals surface area (Å²) in [5.74, 6) is -0.985. The fraction of sp³-hybridized carbons (Fsp3) is 0.500. The number of amides is 2. The molecule has 0 heterocycles. The maximum absolute atomic E-state index is 12.5. The van der Waals surface area contributed by atoms with E-state index in [1.165, 1.54) is 18.2 Å². The molecule has 0 aliphatic rings. The number of carbonyl (C=O) groups is 4. The molecule has 0 radical (unpaired) electrons. The largest absolute Gasteiger partial charge is 0.444 e. The van der Waals surface area contributed by atoms with E-state index in [9.17, 15) is 19.2 Å². The zero-order valence-electron chi connectivity index (χ0n) is 17.2. The van der Waals surface area contributed by atoms with E-state index in [1.807, 2.05) is 0 Å². The van der Waals surface area contributed by atoms with Crippen LogP contribution in [0.2, 0.25) is 0 Å². The van der Waals surface area contributed by atoms with Crippen LogP contribution in [-0.4, -0.2) is 42.9 Å². The van der Waals surface area contributed by atoms with Crippen LogP contribution in [0.25, 0.3) is 0 Å². The molecule has 1 aromatic rings. The van der Waals surface area contributed by atoms with Crippen LogP contribution in [0.15, 0.2) is 18.2 Å². The van der Waals surface area contributed by atoms with Gasteiger partial charge in [0.1, 0.15) is 17.6 Å². The molecule has 154 valence electrons. The minimum atomic E-state index is -0.756. The third-order valence-corrected chi connectivity index (χ3v) is 3.28. The Labute approximate surface area is 165 Å². The van der Waals surface area contributed by atoms with Crippen molar-refractivity contribution in [2.24, 2.45) is 5.41 Å². The molecule has 28 heavy (non-hydrogen) atoms. The van der Waals surface area contributed by atoms with Crippen LogP contribution in [0.5, 0.6) is 5.75 Å². The quantitative estimate of drug-likeness (QED) is 0.333. The molecule has 0 saturated carbocycles. The van der Waals surface area contributed by atoms with Crippen LogP contribution < -0.4 is 15.4 Å². The molecule has 2 amide bonds. The summed E-state index contributed by atoms with van der Waals surface area (Å²) in [6.07, 6.45) is 0.000394. The van der Waals surface area contributed by atoms with Gasteiger partial charge in [-0.2, -0.15) is 0 Å². The highest BCUT2D eigenvalue weighted by Gasteiger charge is 2.26. The summed E-state index contributed by atoms with van der Waals surface area (Å²) in [6, 6.07) is 4.20. The van der Waals surface area contributed by atoms with Gasteiger partial charge in [0, 0.05) is 18.7 Å². The molecule has 0 aromatic heterocycles. The molecular formula is C20H28N2O6. The van der Waals surface area contributed by atoms with Crippen LogP contribution in [-0.2, 0) is 9.53 Å². The van der Waals surface area contributed by atoms with Gasteiger partial charge in [0.2, 0.25) is 0 Å². The van der Waals surface area contributed by atoms with Gasteiger partial charge < -0.3 is 20.1 Å². The van der Waals surface area contributed by atoms with Gasteiger partial charge in [0.25, 0.3) is 5.91 Å². The van der Waals surface area contributed by atoms with Crippen LogP contribution in [0, 0.1) is 5.41 Å². The molecule has 8 nitrogen and oxygen atoms in total. The summed E-state index contributed by atoms with van der Waals surface area (Å²) >= 11 is 0. The number of esters is 1. The molecule has 1 rings (SSSR count). The van der Waals surface area contributed by atoms with E-state index in [4.69, 9.17) is 9.47 Å². The number of benzene rings is 1. The van der Waals surface area contributed by atoms with Gasteiger partial charge in [0.15, 0.2) is 0 Å². The second kappa shape index (κ2) is 9.34. The number of alkyl carbamates (subject to hydrolysis) is 1. The Morgan fingerprint density at radius 3 is 2.14 bits per heavy atom. The van der Waals surface area contributed by atoms with Crippen LogP contribution in [0.1, 0.15) is 62.3 Å². The molecular weight excluding hydrogens is 364 g/mol. The van der Waals surface area contributed by atoms with Gasteiger partial charge >= 0.3 is 12.1 Å². The highest BCUT2D eigenvalue weighted by molar-refractivity contribution is 5.99. The number of aldehydes is 1. The molecule has 0 fully saturated rings. The Morgan fingerprint density at radius 2 is 1.61 bits per heavy atom. The molecule has 1 aromatic carbocycles. The topological polar surface area (TPSA) is 111 Å². The first-order valence-corrected chi connectivity index (χ1v) is 8.90. The number of ether oxygens (including phenoxy) is 2. The summed E-state index contributed by atoms with van der Waals surface area (Å²) in [4.78, 5) is 47.2. The van der Waals surface area contributed by atoms with E-state index in [-0.39, 0.29) is 30.0 Å². The summed E-state index contributed by atoms with van der Waals surface area (Å²) in [7, 11) is 0. The SMILES string of the molecule is CC(C)(C)OC(=O)NCCNC(=O)c1cc(C=O)ccc1OC(=O)C(C)(C)C. The van der Waals surface area contributed by atoms with Crippen LogP contribution >= 0.6 is 0 Å². The van der Waals surface area contributed by atoms with E-state index in [2.05, 4.69) is 10.6 Å². The average molecular weight is 392 g/mol. The Morgan fingerprint density at radius 1 is 1.00 bits per heavy atom. The van der Waals surface area contributed by atoms with E-state index < -0.39 is 29.0 Å². The number of rotatable bonds is 6. The van der Waals surface area contributed by atoms with Gasteiger partial charge in [-0.05, 0) is 59.7 Å². The molecule has 0 spiro atoms. The first kappa shape index (κ1) is 23.1. The maximum atomic E-state index is 12.5. The van der Waals surface area contributed by atoms with Crippen LogP contribution in [0.3, 0.4) is 0 Å². The predicted molar refractivity (Wildman–Crippen MR) is 103 cm³/mol. The first-order valence-electron chi connectivity index (χ1n) is 8.90. The van der Waals surface area contributed by atoms with E-state index in [0.29, 0.717) is 6.29 Å². The van der Waals surface area contributed by atoms with E-state index in [0.717, 1.165) is 0 Å². The molecule has 0 aliphatic carbocycles. The minimum Gasteiger partial charge on any atom is -0.444 e. The molecule has 0 bridgehead atoms. The molecule has 0 atom stereocenters. The third kappa shape index (κ3) is 7.77. The van der Waals surface area contributed by atoms with E-state index in [1.54, 1.807) is 41.5 Å². The first-order chi connectivity index (χ1) is 12.8. The fourth-order valence-corrected chi connectivity index (χ4v) is 1.89. The lowest BCUT2D eigenvalue weighted by atomic mass is 9.97. The number of hydrogen-bond acceptors (Lipinski definition) is 6. The molecule has 8 heteroatoms. The van der Waals surface area contributed by atoms with Crippen molar-refractivity contribution in [1.29, 1.82) is 0 Å². The summed E-state index contributed by atoms with van der Waals surface area (Å²) in [5.41, 5.74) is -1.05.